The van der Waals surface area contributed by atoms with Gasteiger partial charge in [0.1, 0.15) is 4.88 Å². The van der Waals surface area contributed by atoms with Crippen molar-refractivity contribution in [3.05, 3.63) is 10.6 Å². The molecule has 1 amide bonds. The lowest BCUT2D eigenvalue weighted by Crippen LogP contribution is -2.59. The maximum Gasteiger partial charge on any atom is 0.265 e. The van der Waals surface area contributed by atoms with Gasteiger partial charge in [-0.15, -0.1) is 5.10 Å². The topological polar surface area (TPSA) is 66.9 Å². The van der Waals surface area contributed by atoms with Crippen LogP contribution in [0.25, 0.3) is 0 Å². The average Bonchev–Trinajstić information content (AvgIpc) is 2.74. The number of nitrogens with zero attached hydrogens (tertiary/aromatic N) is 2. The zero-order valence-electron chi connectivity index (χ0n) is 10.5. The van der Waals surface area contributed by atoms with Gasteiger partial charge in [0, 0.05) is 11.6 Å². The van der Waals surface area contributed by atoms with E-state index in [-0.39, 0.29) is 5.91 Å². The number of piperidine rings is 1. The standard InChI is InChI=1S/C12H18N4OS/c1-8-10(18-16-15-8)11(17)14-9-3-6-13-12(7-9)4-2-5-12/h9,13H,2-7H2,1H3,(H,14,17). The third-order valence-electron chi connectivity index (χ3n) is 4.13. The molecular weight excluding hydrogens is 248 g/mol. The summed E-state index contributed by atoms with van der Waals surface area (Å²) < 4.78 is 3.81. The lowest BCUT2D eigenvalue weighted by molar-refractivity contribution is 0.0856. The van der Waals surface area contributed by atoms with Gasteiger partial charge in [0.05, 0.1) is 5.69 Å². The summed E-state index contributed by atoms with van der Waals surface area (Å²) in [5.41, 5.74) is 1.04. The maximum atomic E-state index is 12.1. The number of amides is 1. The second kappa shape index (κ2) is 4.59. The summed E-state index contributed by atoms with van der Waals surface area (Å²) in [6.07, 6.45) is 5.88. The molecule has 2 heterocycles. The molecule has 1 atom stereocenters. The van der Waals surface area contributed by atoms with Gasteiger partial charge in [0.2, 0.25) is 0 Å². The summed E-state index contributed by atoms with van der Waals surface area (Å²) in [5, 5.41) is 10.6. The first-order valence-corrected chi connectivity index (χ1v) is 7.31. The van der Waals surface area contributed by atoms with Crippen LogP contribution in [0.4, 0.5) is 0 Å². The minimum Gasteiger partial charge on any atom is -0.348 e. The zero-order chi connectivity index (χ0) is 12.6. The molecule has 1 spiro atoms. The van der Waals surface area contributed by atoms with Crippen LogP contribution in [-0.2, 0) is 0 Å². The fraction of sp³-hybridized carbons (Fsp3) is 0.750. The molecule has 2 aliphatic rings. The van der Waals surface area contributed by atoms with E-state index in [2.05, 4.69) is 20.2 Å². The molecule has 98 valence electrons. The first-order chi connectivity index (χ1) is 8.69. The predicted octanol–water partition coefficient (Wildman–Crippen LogP) is 1.25. The Morgan fingerprint density at radius 3 is 3.00 bits per heavy atom. The molecule has 1 saturated carbocycles. The first-order valence-electron chi connectivity index (χ1n) is 6.53. The van der Waals surface area contributed by atoms with E-state index in [1.807, 2.05) is 6.92 Å². The predicted molar refractivity (Wildman–Crippen MR) is 69.7 cm³/mol. The Labute approximate surface area is 111 Å². The van der Waals surface area contributed by atoms with Gasteiger partial charge in [0.25, 0.3) is 5.91 Å². The lowest BCUT2D eigenvalue weighted by atomic mass is 9.70. The van der Waals surface area contributed by atoms with Crippen molar-refractivity contribution in [2.24, 2.45) is 0 Å². The second-order valence-corrected chi connectivity index (χ2v) is 6.17. The highest BCUT2D eigenvalue weighted by Gasteiger charge is 2.41. The molecule has 2 fully saturated rings. The smallest absolute Gasteiger partial charge is 0.265 e. The van der Waals surface area contributed by atoms with Crippen molar-refractivity contribution in [1.82, 2.24) is 20.2 Å². The Kier molecular flexibility index (Phi) is 3.07. The molecule has 2 N–H and O–H groups in total. The first kappa shape index (κ1) is 12.0. The number of aromatic nitrogens is 2. The number of hydrogen-bond acceptors (Lipinski definition) is 5. The van der Waals surface area contributed by atoms with Crippen LogP contribution in [0.3, 0.4) is 0 Å². The SMILES string of the molecule is Cc1nnsc1C(=O)NC1CCNC2(CCC2)C1. The molecule has 1 aromatic heterocycles. The molecular formula is C12H18N4OS. The van der Waals surface area contributed by atoms with E-state index < -0.39 is 0 Å². The molecule has 3 rings (SSSR count). The van der Waals surface area contributed by atoms with Crippen LogP contribution in [0.15, 0.2) is 0 Å². The fourth-order valence-electron chi connectivity index (χ4n) is 2.96. The summed E-state index contributed by atoms with van der Waals surface area (Å²) >= 11 is 1.18. The van der Waals surface area contributed by atoms with Gasteiger partial charge in [-0.1, -0.05) is 4.49 Å². The van der Waals surface area contributed by atoms with Crippen LogP contribution in [0.2, 0.25) is 0 Å². The second-order valence-electron chi connectivity index (χ2n) is 5.41. The molecule has 0 radical (unpaired) electrons. The largest absolute Gasteiger partial charge is 0.348 e. The molecule has 1 saturated heterocycles. The third kappa shape index (κ3) is 2.14. The summed E-state index contributed by atoms with van der Waals surface area (Å²) in [7, 11) is 0. The van der Waals surface area contributed by atoms with E-state index in [9.17, 15) is 4.79 Å². The monoisotopic (exact) mass is 266 g/mol. The number of aryl methyl sites for hydroxylation is 1. The number of carbonyl (C=O) groups is 1. The summed E-state index contributed by atoms with van der Waals surface area (Å²) in [6.45, 7) is 2.83. The van der Waals surface area contributed by atoms with Crippen LogP contribution < -0.4 is 10.6 Å². The summed E-state index contributed by atoms with van der Waals surface area (Å²) in [4.78, 5) is 12.8. The molecule has 1 aromatic rings. The highest BCUT2D eigenvalue weighted by Crippen LogP contribution is 2.38. The van der Waals surface area contributed by atoms with Crippen molar-refractivity contribution >= 4 is 17.4 Å². The fourth-order valence-corrected chi connectivity index (χ4v) is 3.52. The Balaban J connectivity index is 1.62. The number of nitrogens with one attached hydrogen (secondary N) is 2. The number of hydrogen-bond donors (Lipinski definition) is 2. The van der Waals surface area contributed by atoms with Gasteiger partial charge < -0.3 is 10.6 Å². The molecule has 5 nitrogen and oxygen atoms in total. The van der Waals surface area contributed by atoms with Gasteiger partial charge in [-0.25, -0.2) is 0 Å². The molecule has 0 aromatic carbocycles. The van der Waals surface area contributed by atoms with E-state index >= 15 is 0 Å². The Morgan fingerprint density at radius 2 is 2.39 bits per heavy atom. The Hall–Kier alpha value is -1.01. The third-order valence-corrected chi connectivity index (χ3v) is 4.96. The Bertz CT molecular complexity index is 455. The van der Waals surface area contributed by atoms with Gasteiger partial charge in [-0.05, 0) is 57.1 Å². The number of carbonyl (C=O) groups excluding carboxylic acids is 1. The molecule has 1 aliphatic heterocycles. The minimum absolute atomic E-state index is 0.0103. The number of rotatable bonds is 2. The molecule has 1 aliphatic carbocycles. The highest BCUT2D eigenvalue weighted by atomic mass is 32.1. The molecule has 1 unspecified atom stereocenters. The average molecular weight is 266 g/mol. The van der Waals surface area contributed by atoms with E-state index in [0.717, 1.165) is 25.1 Å². The van der Waals surface area contributed by atoms with E-state index in [1.165, 1.54) is 30.8 Å². The normalized spacial score (nSPS) is 25.7. The van der Waals surface area contributed by atoms with Crippen molar-refractivity contribution in [2.45, 2.75) is 50.6 Å². The Morgan fingerprint density at radius 1 is 1.56 bits per heavy atom. The van der Waals surface area contributed by atoms with Crippen LogP contribution >= 0.6 is 11.5 Å². The van der Waals surface area contributed by atoms with Crippen LogP contribution in [0, 0.1) is 6.92 Å². The van der Waals surface area contributed by atoms with Crippen molar-refractivity contribution < 1.29 is 4.79 Å². The van der Waals surface area contributed by atoms with Gasteiger partial charge in [-0.2, -0.15) is 0 Å². The molecule has 18 heavy (non-hydrogen) atoms. The van der Waals surface area contributed by atoms with Crippen LogP contribution in [-0.4, -0.2) is 33.6 Å². The molecule has 6 heteroatoms. The maximum absolute atomic E-state index is 12.1. The van der Waals surface area contributed by atoms with Crippen molar-refractivity contribution in [2.75, 3.05) is 6.54 Å². The van der Waals surface area contributed by atoms with E-state index in [1.54, 1.807) is 0 Å². The molecule has 0 bridgehead atoms. The van der Waals surface area contributed by atoms with Crippen LogP contribution in [0.1, 0.15) is 47.5 Å². The van der Waals surface area contributed by atoms with Crippen molar-refractivity contribution in [1.29, 1.82) is 0 Å². The minimum atomic E-state index is -0.0103. The van der Waals surface area contributed by atoms with Gasteiger partial charge >= 0.3 is 0 Å². The van der Waals surface area contributed by atoms with E-state index in [4.69, 9.17) is 0 Å². The quantitative estimate of drug-likeness (QED) is 0.845. The van der Waals surface area contributed by atoms with E-state index in [0.29, 0.717) is 16.5 Å². The lowest BCUT2D eigenvalue weighted by Gasteiger charge is -2.48. The highest BCUT2D eigenvalue weighted by molar-refractivity contribution is 7.08. The van der Waals surface area contributed by atoms with Gasteiger partial charge in [-0.3, -0.25) is 4.79 Å². The van der Waals surface area contributed by atoms with Crippen molar-refractivity contribution in [3.63, 3.8) is 0 Å². The summed E-state index contributed by atoms with van der Waals surface area (Å²) in [6, 6.07) is 0.292. The van der Waals surface area contributed by atoms with Crippen LogP contribution in [0.5, 0.6) is 0 Å². The summed E-state index contributed by atoms with van der Waals surface area (Å²) in [5.74, 6) is -0.0103. The van der Waals surface area contributed by atoms with Crippen molar-refractivity contribution in [3.8, 4) is 0 Å². The zero-order valence-corrected chi connectivity index (χ0v) is 11.3. The van der Waals surface area contributed by atoms with Gasteiger partial charge in [0.15, 0.2) is 0 Å².